The van der Waals surface area contributed by atoms with Gasteiger partial charge in [-0.25, -0.2) is 0 Å². The minimum Gasteiger partial charge on any atom is -0.496 e. The van der Waals surface area contributed by atoms with E-state index in [9.17, 15) is 9.00 Å². The van der Waals surface area contributed by atoms with Crippen molar-refractivity contribution in [3.63, 3.8) is 0 Å². The molecule has 2 N–H and O–H groups in total. The number of hydrogen-bond donors (Lipinski definition) is 1. The lowest BCUT2D eigenvalue weighted by atomic mass is 9.85. The molecule has 31 heavy (non-hydrogen) atoms. The second-order valence-electron chi connectivity index (χ2n) is 8.46. The van der Waals surface area contributed by atoms with E-state index in [0.29, 0.717) is 18.7 Å². The van der Waals surface area contributed by atoms with Gasteiger partial charge in [0.1, 0.15) is 5.75 Å². The quantitative estimate of drug-likeness (QED) is 0.671. The van der Waals surface area contributed by atoms with Gasteiger partial charge in [0.15, 0.2) is 0 Å². The molecule has 4 unspecified atom stereocenters. The van der Waals surface area contributed by atoms with Gasteiger partial charge in [-0.2, -0.15) is 0 Å². The smallest absolute Gasteiger partial charge is 0.240 e. The van der Waals surface area contributed by atoms with Crippen molar-refractivity contribution < 1.29 is 13.7 Å². The van der Waals surface area contributed by atoms with E-state index in [1.165, 1.54) is 0 Å². The molecule has 0 fully saturated rings. The van der Waals surface area contributed by atoms with Crippen LogP contribution in [0.25, 0.3) is 0 Å². The number of rotatable bonds is 8. The molecule has 4 atom stereocenters. The third kappa shape index (κ3) is 5.18. The lowest BCUT2D eigenvalue weighted by Crippen LogP contribution is -2.50. The Morgan fingerprint density at radius 3 is 2.71 bits per heavy atom. The summed E-state index contributed by atoms with van der Waals surface area (Å²) in [5.74, 6) is 1.29. The number of carbonyl (C=O) groups is 1. The van der Waals surface area contributed by atoms with Crippen molar-refractivity contribution >= 4 is 16.7 Å². The van der Waals surface area contributed by atoms with Crippen molar-refractivity contribution in [2.75, 3.05) is 19.4 Å². The molecule has 2 aromatic rings. The number of nitrogens with two attached hydrogens (primary N) is 1. The summed E-state index contributed by atoms with van der Waals surface area (Å²) in [5.41, 5.74) is 9.54. The van der Waals surface area contributed by atoms with Crippen molar-refractivity contribution in [3.05, 3.63) is 59.2 Å². The number of aryl methyl sites for hydroxylation is 1. The highest BCUT2D eigenvalue weighted by Crippen LogP contribution is 2.40. The Bertz CT molecular complexity index is 946. The maximum absolute atomic E-state index is 13.3. The molecule has 1 aliphatic rings. The zero-order chi connectivity index (χ0) is 22.5. The first-order valence-corrected chi connectivity index (χ1v) is 12.4. The molecule has 2 aromatic carbocycles. The lowest BCUT2D eigenvalue weighted by molar-refractivity contribution is -0.136. The van der Waals surface area contributed by atoms with Crippen LogP contribution >= 0.6 is 0 Å². The predicted molar refractivity (Wildman–Crippen MR) is 126 cm³/mol. The van der Waals surface area contributed by atoms with Crippen LogP contribution in [0, 0.1) is 12.8 Å². The second kappa shape index (κ2) is 10.4. The van der Waals surface area contributed by atoms with Crippen molar-refractivity contribution in [2.45, 2.75) is 57.0 Å². The second-order valence-corrected chi connectivity index (χ2v) is 9.95. The number of nitrogens with zero attached hydrogens (tertiary/aromatic N) is 1. The van der Waals surface area contributed by atoms with Crippen LogP contribution in [0.2, 0.25) is 0 Å². The van der Waals surface area contributed by atoms with Crippen molar-refractivity contribution in [2.24, 2.45) is 11.7 Å². The Balaban J connectivity index is 1.94. The standard InChI is InChI=1S/C25H34N2O3S/c1-5-8-22(26)25(28)27-14-13-20-21(11-7-12-23(20)30-4)24(27)18(3)16-31(29)19-10-6-9-17(2)15-19/h6-7,9-12,15,18,22,24H,5,8,13-14,16,26H2,1-4H3. The fraction of sp³-hybridized carbons (Fsp3) is 0.480. The van der Waals surface area contributed by atoms with Crippen LogP contribution in [-0.4, -0.2) is 40.5 Å². The molecule has 5 nitrogen and oxygen atoms in total. The lowest BCUT2D eigenvalue weighted by Gasteiger charge is -2.42. The van der Waals surface area contributed by atoms with Crippen molar-refractivity contribution in [1.29, 1.82) is 0 Å². The summed E-state index contributed by atoms with van der Waals surface area (Å²) in [6.45, 7) is 6.71. The molecule has 0 bridgehead atoms. The number of ether oxygens (including phenoxy) is 1. The van der Waals surface area contributed by atoms with E-state index in [1.807, 2.05) is 55.1 Å². The largest absolute Gasteiger partial charge is 0.496 e. The molecular formula is C25H34N2O3S. The first-order chi connectivity index (χ1) is 14.9. The van der Waals surface area contributed by atoms with Gasteiger partial charge < -0.3 is 15.4 Å². The summed E-state index contributed by atoms with van der Waals surface area (Å²) in [7, 11) is 0.524. The van der Waals surface area contributed by atoms with Gasteiger partial charge in [-0.15, -0.1) is 0 Å². The Kier molecular flexibility index (Phi) is 7.89. The number of benzene rings is 2. The van der Waals surface area contributed by atoms with Crippen LogP contribution in [0.15, 0.2) is 47.4 Å². The molecular weight excluding hydrogens is 408 g/mol. The minimum absolute atomic E-state index is 0.00900. The van der Waals surface area contributed by atoms with E-state index in [2.05, 4.69) is 13.0 Å². The maximum Gasteiger partial charge on any atom is 0.240 e. The van der Waals surface area contributed by atoms with Gasteiger partial charge in [0.2, 0.25) is 5.91 Å². The van der Waals surface area contributed by atoms with Gasteiger partial charge in [0, 0.05) is 22.8 Å². The minimum atomic E-state index is -1.15. The van der Waals surface area contributed by atoms with Crippen LogP contribution in [0.4, 0.5) is 0 Å². The zero-order valence-corrected chi connectivity index (χ0v) is 19.8. The first-order valence-electron chi connectivity index (χ1n) is 11.0. The number of carbonyl (C=O) groups excluding carboxylic acids is 1. The van der Waals surface area contributed by atoms with Gasteiger partial charge in [-0.1, -0.05) is 44.5 Å². The van der Waals surface area contributed by atoms with Crippen LogP contribution in [0.5, 0.6) is 5.75 Å². The molecule has 1 heterocycles. The van der Waals surface area contributed by atoms with Crippen LogP contribution in [0.1, 0.15) is 49.4 Å². The zero-order valence-electron chi connectivity index (χ0n) is 19.0. The molecule has 168 valence electrons. The molecule has 1 aliphatic heterocycles. The molecule has 0 saturated carbocycles. The average Bonchev–Trinajstić information content (AvgIpc) is 2.77. The number of fused-ring (bicyclic) bond motifs is 1. The van der Waals surface area contributed by atoms with E-state index in [-0.39, 0.29) is 17.9 Å². The van der Waals surface area contributed by atoms with Crippen molar-refractivity contribution in [1.82, 2.24) is 4.90 Å². The van der Waals surface area contributed by atoms with Gasteiger partial charge in [0.05, 0.1) is 30.0 Å². The highest BCUT2D eigenvalue weighted by atomic mass is 32.2. The highest BCUT2D eigenvalue weighted by molar-refractivity contribution is 7.85. The Hall–Kier alpha value is -2.18. The predicted octanol–water partition coefficient (Wildman–Crippen LogP) is 4.00. The molecule has 0 aliphatic carbocycles. The van der Waals surface area contributed by atoms with Crippen molar-refractivity contribution in [3.8, 4) is 5.75 Å². The third-order valence-electron chi connectivity index (χ3n) is 6.05. The summed E-state index contributed by atoms with van der Waals surface area (Å²) in [6, 6.07) is 13.1. The molecule has 0 aromatic heterocycles. The fourth-order valence-electron chi connectivity index (χ4n) is 4.55. The average molecular weight is 443 g/mol. The third-order valence-corrected chi connectivity index (χ3v) is 7.66. The Morgan fingerprint density at radius 1 is 1.29 bits per heavy atom. The topological polar surface area (TPSA) is 72.6 Å². The number of amides is 1. The van der Waals surface area contributed by atoms with E-state index >= 15 is 0 Å². The summed E-state index contributed by atoms with van der Waals surface area (Å²) in [5, 5.41) is 0. The van der Waals surface area contributed by atoms with Gasteiger partial charge in [0.25, 0.3) is 0 Å². The van der Waals surface area contributed by atoms with E-state index in [0.717, 1.165) is 40.2 Å². The maximum atomic E-state index is 13.3. The van der Waals surface area contributed by atoms with E-state index < -0.39 is 16.8 Å². The van der Waals surface area contributed by atoms with Crippen LogP contribution in [-0.2, 0) is 22.0 Å². The van der Waals surface area contributed by atoms with Gasteiger partial charge in [-0.05, 0) is 55.0 Å². The van der Waals surface area contributed by atoms with E-state index in [1.54, 1.807) is 7.11 Å². The summed E-state index contributed by atoms with van der Waals surface area (Å²) >= 11 is 0. The summed E-state index contributed by atoms with van der Waals surface area (Å²) < 4.78 is 18.8. The molecule has 0 saturated heterocycles. The highest BCUT2D eigenvalue weighted by Gasteiger charge is 2.37. The van der Waals surface area contributed by atoms with Gasteiger partial charge >= 0.3 is 0 Å². The summed E-state index contributed by atoms with van der Waals surface area (Å²) in [6.07, 6.45) is 2.26. The van der Waals surface area contributed by atoms with E-state index in [4.69, 9.17) is 10.5 Å². The van der Waals surface area contributed by atoms with Gasteiger partial charge in [-0.3, -0.25) is 9.00 Å². The van der Waals surface area contributed by atoms with Crippen LogP contribution in [0.3, 0.4) is 0 Å². The first kappa shape index (κ1) is 23.5. The number of hydrogen-bond acceptors (Lipinski definition) is 4. The fourth-order valence-corrected chi connectivity index (χ4v) is 5.95. The monoisotopic (exact) mass is 442 g/mol. The Labute approximate surface area is 188 Å². The summed E-state index contributed by atoms with van der Waals surface area (Å²) in [4.78, 5) is 16.0. The SMILES string of the molecule is CCCC(N)C(=O)N1CCc2c(OC)cccc2C1C(C)CS(=O)c1cccc(C)c1. The number of methoxy groups -OCH3 is 1. The molecule has 1 amide bonds. The van der Waals surface area contributed by atoms with Crippen LogP contribution < -0.4 is 10.5 Å². The molecule has 6 heteroatoms. The molecule has 0 radical (unpaired) electrons. The Morgan fingerprint density at radius 2 is 2.03 bits per heavy atom. The normalized spacial score (nSPS) is 18.7. The molecule has 3 rings (SSSR count). The molecule has 0 spiro atoms.